The van der Waals surface area contributed by atoms with Crippen LogP contribution in [0.15, 0.2) is 0 Å². The van der Waals surface area contributed by atoms with Crippen LogP contribution in [0.5, 0.6) is 0 Å². The van der Waals surface area contributed by atoms with Crippen LogP contribution in [-0.4, -0.2) is 0 Å². The molecule has 86 valence electrons. The SMILES string of the molecule is C.C.C.C1CCCCC1.CCCC. The van der Waals surface area contributed by atoms with Crippen LogP contribution in [0, 0.1) is 0 Å². The highest BCUT2D eigenvalue weighted by Gasteiger charge is 1.95. The summed E-state index contributed by atoms with van der Waals surface area (Å²) in [5.41, 5.74) is 0. The van der Waals surface area contributed by atoms with Crippen LogP contribution in [-0.2, 0) is 0 Å². The standard InChI is InChI=1S/C6H12.C4H10.3CH4/c1-2-4-6-5-3-1;1-3-4-2;;;/h1-6H2;3-4H2,1-2H3;3*1H4. The van der Waals surface area contributed by atoms with E-state index in [-0.39, 0.29) is 22.3 Å². The summed E-state index contributed by atoms with van der Waals surface area (Å²) < 4.78 is 0. The molecule has 1 fully saturated rings. The van der Waals surface area contributed by atoms with Gasteiger partial charge in [-0.2, -0.15) is 0 Å². The smallest absolute Gasteiger partial charge is 0.0533 e. The summed E-state index contributed by atoms with van der Waals surface area (Å²) in [7, 11) is 0. The van der Waals surface area contributed by atoms with Gasteiger partial charge in [0.05, 0.1) is 0 Å². The van der Waals surface area contributed by atoms with Crippen molar-refractivity contribution in [2.24, 2.45) is 0 Å². The minimum absolute atomic E-state index is 0. The third-order valence-corrected chi connectivity index (χ3v) is 2.00. The Morgan fingerprint density at radius 3 is 0.769 bits per heavy atom. The monoisotopic (exact) mass is 190 g/mol. The van der Waals surface area contributed by atoms with E-state index in [0.29, 0.717) is 0 Å². The number of hydrogen-bond acceptors (Lipinski definition) is 0. The van der Waals surface area contributed by atoms with Crippen LogP contribution >= 0.6 is 0 Å². The molecule has 0 aromatic rings. The van der Waals surface area contributed by atoms with E-state index < -0.39 is 0 Å². The number of unbranched alkanes of at least 4 members (excludes halogenated alkanes) is 1. The fourth-order valence-corrected chi connectivity index (χ4v) is 1.06. The van der Waals surface area contributed by atoms with E-state index in [1.807, 2.05) is 0 Å². The Labute approximate surface area is 88.1 Å². The minimum atomic E-state index is 0. The van der Waals surface area contributed by atoms with E-state index in [9.17, 15) is 0 Å². The normalized spacial score (nSPS) is 13.4. The molecule has 0 radical (unpaired) electrons. The van der Waals surface area contributed by atoms with Gasteiger partial charge >= 0.3 is 0 Å². The van der Waals surface area contributed by atoms with Crippen LogP contribution in [0.2, 0.25) is 0 Å². The van der Waals surface area contributed by atoms with E-state index in [4.69, 9.17) is 0 Å². The first kappa shape index (κ1) is 23.1. The molecule has 1 rings (SSSR count). The maximum Gasteiger partial charge on any atom is -0.0533 e. The Balaban J connectivity index is -0.0000000536. The van der Waals surface area contributed by atoms with Crippen molar-refractivity contribution in [2.75, 3.05) is 0 Å². The molecule has 0 aromatic carbocycles. The van der Waals surface area contributed by atoms with Gasteiger partial charge in [0.15, 0.2) is 0 Å². The van der Waals surface area contributed by atoms with Crippen molar-refractivity contribution in [1.29, 1.82) is 0 Å². The first-order chi connectivity index (χ1) is 4.91. The molecule has 0 saturated heterocycles. The molecule has 0 nitrogen and oxygen atoms in total. The van der Waals surface area contributed by atoms with E-state index in [1.165, 1.54) is 51.4 Å². The maximum atomic E-state index is 2.18. The largest absolute Gasteiger partial charge is 0.0776 e. The van der Waals surface area contributed by atoms with E-state index >= 15 is 0 Å². The molecule has 0 aliphatic heterocycles. The highest BCUT2D eigenvalue weighted by molar-refractivity contribution is 4.51. The Kier molecular flexibility index (Phi) is 40.3. The van der Waals surface area contributed by atoms with Crippen LogP contribution < -0.4 is 0 Å². The second-order valence-electron chi connectivity index (χ2n) is 3.12. The van der Waals surface area contributed by atoms with Gasteiger partial charge < -0.3 is 0 Å². The molecule has 0 N–H and O–H groups in total. The third-order valence-electron chi connectivity index (χ3n) is 2.00. The molecule has 0 heterocycles. The second-order valence-corrected chi connectivity index (χ2v) is 3.12. The molecule has 0 amide bonds. The molecule has 1 aliphatic rings. The van der Waals surface area contributed by atoms with Crippen molar-refractivity contribution in [3.05, 3.63) is 0 Å². The predicted octanol–water partition coefficient (Wildman–Crippen LogP) is 6.06. The summed E-state index contributed by atoms with van der Waals surface area (Å²) in [4.78, 5) is 0. The fourth-order valence-electron chi connectivity index (χ4n) is 1.06. The van der Waals surface area contributed by atoms with Gasteiger partial charge in [-0.05, 0) is 0 Å². The van der Waals surface area contributed by atoms with Crippen molar-refractivity contribution < 1.29 is 0 Å². The first-order valence-corrected chi connectivity index (χ1v) is 4.91. The van der Waals surface area contributed by atoms with Gasteiger partial charge in [0.1, 0.15) is 0 Å². The highest BCUT2D eigenvalue weighted by Crippen LogP contribution is 2.15. The predicted molar refractivity (Wildman–Crippen MR) is 68.5 cm³/mol. The average Bonchev–Trinajstić information content (AvgIpc) is 2.08. The van der Waals surface area contributed by atoms with Gasteiger partial charge in [-0.1, -0.05) is 87.5 Å². The molecule has 0 unspecified atom stereocenters. The fraction of sp³-hybridized carbons (Fsp3) is 1.00. The van der Waals surface area contributed by atoms with E-state index in [2.05, 4.69) is 13.8 Å². The molecule has 0 atom stereocenters. The van der Waals surface area contributed by atoms with Gasteiger partial charge in [-0.25, -0.2) is 0 Å². The zero-order valence-corrected chi connectivity index (χ0v) is 7.66. The minimum Gasteiger partial charge on any atom is -0.0776 e. The van der Waals surface area contributed by atoms with Gasteiger partial charge in [-0.15, -0.1) is 0 Å². The van der Waals surface area contributed by atoms with Crippen molar-refractivity contribution in [3.8, 4) is 0 Å². The summed E-state index contributed by atoms with van der Waals surface area (Å²) in [6, 6.07) is 0. The third kappa shape index (κ3) is 24.5. The quantitative estimate of drug-likeness (QED) is 0.472. The van der Waals surface area contributed by atoms with Crippen molar-refractivity contribution in [2.45, 2.75) is 87.5 Å². The molecule has 0 heteroatoms. The van der Waals surface area contributed by atoms with Crippen LogP contribution in [0.3, 0.4) is 0 Å². The summed E-state index contributed by atoms with van der Waals surface area (Å²) in [5, 5.41) is 0. The second kappa shape index (κ2) is 22.7. The lowest BCUT2D eigenvalue weighted by molar-refractivity contribution is 0.504. The summed E-state index contributed by atoms with van der Waals surface area (Å²) in [5.74, 6) is 0. The molecular weight excluding hydrogens is 156 g/mol. The summed E-state index contributed by atoms with van der Waals surface area (Å²) in [6.45, 7) is 4.36. The first-order valence-electron chi connectivity index (χ1n) is 4.91. The topological polar surface area (TPSA) is 0 Å². The van der Waals surface area contributed by atoms with Crippen LogP contribution in [0.4, 0.5) is 0 Å². The average molecular weight is 190 g/mol. The van der Waals surface area contributed by atoms with Gasteiger partial charge in [-0.3, -0.25) is 0 Å². The van der Waals surface area contributed by atoms with Crippen LogP contribution in [0.1, 0.15) is 87.5 Å². The molecular formula is C13H34. The van der Waals surface area contributed by atoms with E-state index in [1.54, 1.807) is 0 Å². The van der Waals surface area contributed by atoms with E-state index in [0.717, 1.165) is 0 Å². The molecule has 0 aromatic heterocycles. The van der Waals surface area contributed by atoms with Gasteiger partial charge in [0, 0.05) is 0 Å². The lowest BCUT2D eigenvalue weighted by atomic mass is 10.0. The highest BCUT2D eigenvalue weighted by atomic mass is 14.0. The lowest BCUT2D eigenvalue weighted by Gasteiger charge is -2.05. The lowest BCUT2D eigenvalue weighted by Crippen LogP contribution is -1.85. The maximum absolute atomic E-state index is 2.18. The molecule has 0 spiro atoms. The molecule has 13 heavy (non-hydrogen) atoms. The Morgan fingerprint density at radius 1 is 0.538 bits per heavy atom. The van der Waals surface area contributed by atoms with Gasteiger partial charge in [0.25, 0.3) is 0 Å². The number of hydrogen-bond donors (Lipinski definition) is 0. The van der Waals surface area contributed by atoms with Crippen molar-refractivity contribution in [3.63, 3.8) is 0 Å². The zero-order valence-electron chi connectivity index (χ0n) is 7.66. The van der Waals surface area contributed by atoms with Crippen molar-refractivity contribution in [1.82, 2.24) is 0 Å². The number of rotatable bonds is 1. The molecule has 1 aliphatic carbocycles. The summed E-state index contributed by atoms with van der Waals surface area (Å²) >= 11 is 0. The zero-order chi connectivity index (χ0) is 7.66. The van der Waals surface area contributed by atoms with Crippen molar-refractivity contribution >= 4 is 0 Å². The molecule has 1 saturated carbocycles. The summed E-state index contributed by atoms with van der Waals surface area (Å²) in [6.07, 6.45) is 11.6. The Hall–Kier alpha value is 0. The Morgan fingerprint density at radius 2 is 0.692 bits per heavy atom. The molecule has 0 bridgehead atoms. The van der Waals surface area contributed by atoms with Gasteiger partial charge in [0.2, 0.25) is 0 Å². The van der Waals surface area contributed by atoms with Crippen LogP contribution in [0.25, 0.3) is 0 Å². The Bertz CT molecular complexity index is 30.5.